The van der Waals surface area contributed by atoms with Crippen LogP contribution >= 0.6 is 24.0 Å². The lowest BCUT2D eigenvalue weighted by molar-refractivity contribution is 0.0996. The number of aromatic nitrogens is 1. The molecule has 1 heterocycles. The molecule has 0 unspecified atom stereocenters. The predicted octanol–water partition coefficient (Wildman–Crippen LogP) is 1.30. The van der Waals surface area contributed by atoms with Crippen LogP contribution < -0.4 is 5.73 Å². The van der Waals surface area contributed by atoms with Gasteiger partial charge in [-0.15, -0.1) is 12.4 Å². The monoisotopic (exact) mass is 206 g/mol. The van der Waals surface area contributed by atoms with Gasteiger partial charge in [-0.1, -0.05) is 11.6 Å². The number of carbonyl (C=O) groups excluding carboxylic acids is 1. The van der Waals surface area contributed by atoms with Crippen molar-refractivity contribution in [1.29, 1.82) is 0 Å². The molecule has 0 aliphatic rings. The minimum atomic E-state index is -0.179. The van der Waals surface area contributed by atoms with E-state index in [0.29, 0.717) is 10.7 Å². The molecule has 2 N–H and O–H groups in total. The number of pyridine rings is 1. The van der Waals surface area contributed by atoms with Crippen molar-refractivity contribution in [1.82, 2.24) is 4.98 Å². The molecule has 0 aliphatic heterocycles. The predicted molar refractivity (Wildman–Crippen MR) is 49.9 cm³/mol. The van der Waals surface area contributed by atoms with Gasteiger partial charge in [0.25, 0.3) is 0 Å². The highest BCUT2D eigenvalue weighted by Gasteiger charge is 2.02. The highest BCUT2D eigenvalue weighted by Crippen LogP contribution is 2.05. The van der Waals surface area contributed by atoms with Gasteiger partial charge in [0.05, 0.1) is 11.6 Å². The van der Waals surface area contributed by atoms with Crippen LogP contribution in [-0.2, 0) is 0 Å². The summed E-state index contributed by atoms with van der Waals surface area (Å²) in [6.45, 7) is -0.0192. The summed E-state index contributed by atoms with van der Waals surface area (Å²) in [5.41, 5.74) is 5.48. The average Bonchev–Trinajstić information content (AvgIpc) is 2.05. The van der Waals surface area contributed by atoms with E-state index < -0.39 is 0 Å². The molecule has 5 heteroatoms. The molecule has 0 aliphatic carbocycles. The topological polar surface area (TPSA) is 56.0 Å². The lowest BCUT2D eigenvalue weighted by Crippen LogP contribution is -2.14. The molecular formula is C7H8Cl2N2O. The van der Waals surface area contributed by atoms with Gasteiger partial charge < -0.3 is 5.73 Å². The van der Waals surface area contributed by atoms with Crippen LogP contribution in [0.4, 0.5) is 0 Å². The molecule has 0 fully saturated rings. The first-order chi connectivity index (χ1) is 5.24. The number of ketones is 1. The van der Waals surface area contributed by atoms with Crippen molar-refractivity contribution in [3.05, 3.63) is 29.0 Å². The second-order valence-electron chi connectivity index (χ2n) is 1.99. The standard InChI is InChI=1S/C7H7ClN2O.ClH/c8-5-1-2-6(10-4-5)7(11)3-9;/h1-2,4H,3,9H2;1H. The Labute approximate surface area is 81.3 Å². The van der Waals surface area contributed by atoms with Gasteiger partial charge in [-0.2, -0.15) is 0 Å². The second kappa shape index (κ2) is 5.09. The number of halogens is 2. The minimum Gasteiger partial charge on any atom is -0.324 e. The Hall–Kier alpha value is -0.640. The highest BCUT2D eigenvalue weighted by molar-refractivity contribution is 6.30. The Morgan fingerprint density at radius 2 is 2.25 bits per heavy atom. The van der Waals surface area contributed by atoms with Gasteiger partial charge in [0.15, 0.2) is 5.78 Å². The van der Waals surface area contributed by atoms with Crippen molar-refractivity contribution in [2.75, 3.05) is 6.54 Å². The van der Waals surface area contributed by atoms with E-state index in [1.165, 1.54) is 6.20 Å². The fourth-order valence-electron chi connectivity index (χ4n) is 0.645. The van der Waals surface area contributed by atoms with Gasteiger partial charge in [0.2, 0.25) is 0 Å². The van der Waals surface area contributed by atoms with Gasteiger partial charge in [-0.3, -0.25) is 9.78 Å². The third-order valence-corrected chi connectivity index (χ3v) is 1.42. The Kier molecular flexibility index (Phi) is 4.81. The maximum atomic E-state index is 10.9. The number of hydrogen-bond acceptors (Lipinski definition) is 3. The Morgan fingerprint density at radius 1 is 1.58 bits per heavy atom. The first-order valence-electron chi connectivity index (χ1n) is 3.09. The summed E-state index contributed by atoms with van der Waals surface area (Å²) in [4.78, 5) is 14.7. The molecule has 1 aromatic heterocycles. The van der Waals surface area contributed by atoms with E-state index in [-0.39, 0.29) is 24.7 Å². The van der Waals surface area contributed by atoms with E-state index in [1.807, 2.05) is 0 Å². The molecule has 12 heavy (non-hydrogen) atoms. The second-order valence-corrected chi connectivity index (χ2v) is 2.43. The fourth-order valence-corrected chi connectivity index (χ4v) is 0.757. The van der Waals surface area contributed by atoms with E-state index >= 15 is 0 Å². The SMILES string of the molecule is Cl.NCC(=O)c1ccc(Cl)cn1. The van der Waals surface area contributed by atoms with Crippen molar-refractivity contribution in [2.24, 2.45) is 5.73 Å². The first-order valence-corrected chi connectivity index (χ1v) is 3.46. The van der Waals surface area contributed by atoms with E-state index in [0.717, 1.165) is 0 Å². The van der Waals surface area contributed by atoms with Crippen molar-refractivity contribution in [3.63, 3.8) is 0 Å². The molecule has 0 aromatic carbocycles. The highest BCUT2D eigenvalue weighted by atomic mass is 35.5. The van der Waals surface area contributed by atoms with Gasteiger partial charge >= 0.3 is 0 Å². The summed E-state index contributed by atoms with van der Waals surface area (Å²) >= 11 is 5.55. The molecular weight excluding hydrogens is 199 g/mol. The number of carbonyl (C=O) groups is 1. The quantitative estimate of drug-likeness (QED) is 0.743. The number of hydrogen-bond donors (Lipinski definition) is 1. The Morgan fingerprint density at radius 3 is 2.67 bits per heavy atom. The van der Waals surface area contributed by atoms with Crippen LogP contribution in [0.2, 0.25) is 5.02 Å². The smallest absolute Gasteiger partial charge is 0.194 e. The summed E-state index contributed by atoms with van der Waals surface area (Å²) in [5, 5.41) is 0.513. The molecule has 0 spiro atoms. The summed E-state index contributed by atoms with van der Waals surface area (Å²) in [5.74, 6) is -0.179. The fraction of sp³-hybridized carbons (Fsp3) is 0.143. The van der Waals surface area contributed by atoms with E-state index in [2.05, 4.69) is 4.98 Å². The summed E-state index contributed by atoms with van der Waals surface area (Å²) in [6, 6.07) is 3.16. The molecule has 0 atom stereocenters. The van der Waals surface area contributed by atoms with Crippen molar-refractivity contribution in [2.45, 2.75) is 0 Å². The minimum absolute atomic E-state index is 0. The van der Waals surface area contributed by atoms with Gasteiger partial charge in [0.1, 0.15) is 5.69 Å². The van der Waals surface area contributed by atoms with Crippen LogP contribution in [0.5, 0.6) is 0 Å². The number of rotatable bonds is 2. The van der Waals surface area contributed by atoms with E-state index in [9.17, 15) is 4.79 Å². The van der Waals surface area contributed by atoms with Crippen LogP contribution in [0.3, 0.4) is 0 Å². The summed E-state index contributed by atoms with van der Waals surface area (Å²) in [7, 11) is 0. The molecule has 0 amide bonds. The zero-order chi connectivity index (χ0) is 8.27. The van der Waals surface area contributed by atoms with Crippen LogP contribution in [-0.4, -0.2) is 17.3 Å². The van der Waals surface area contributed by atoms with E-state index in [4.69, 9.17) is 17.3 Å². The van der Waals surface area contributed by atoms with Crippen molar-refractivity contribution < 1.29 is 4.79 Å². The summed E-state index contributed by atoms with van der Waals surface area (Å²) in [6.07, 6.45) is 1.42. The van der Waals surface area contributed by atoms with Crippen LogP contribution in [0, 0.1) is 0 Å². The first kappa shape index (κ1) is 11.4. The van der Waals surface area contributed by atoms with E-state index in [1.54, 1.807) is 12.1 Å². The van der Waals surface area contributed by atoms with Crippen LogP contribution in [0.1, 0.15) is 10.5 Å². The lowest BCUT2D eigenvalue weighted by Gasteiger charge is -1.94. The van der Waals surface area contributed by atoms with Crippen molar-refractivity contribution >= 4 is 29.8 Å². The molecule has 1 rings (SSSR count). The zero-order valence-electron chi connectivity index (χ0n) is 6.16. The van der Waals surface area contributed by atoms with Gasteiger partial charge in [0, 0.05) is 6.20 Å². The largest absolute Gasteiger partial charge is 0.324 e. The lowest BCUT2D eigenvalue weighted by atomic mass is 10.2. The Bertz CT molecular complexity index is 261. The normalized spacial score (nSPS) is 8.83. The maximum Gasteiger partial charge on any atom is 0.194 e. The molecule has 3 nitrogen and oxygen atoms in total. The van der Waals surface area contributed by atoms with Gasteiger partial charge in [-0.25, -0.2) is 0 Å². The average molecular weight is 207 g/mol. The number of Topliss-reactive ketones (excluding diaryl/α,β-unsaturated/α-hetero) is 1. The molecule has 66 valence electrons. The van der Waals surface area contributed by atoms with Crippen molar-refractivity contribution in [3.8, 4) is 0 Å². The third kappa shape index (κ3) is 2.77. The van der Waals surface area contributed by atoms with Crippen LogP contribution in [0.15, 0.2) is 18.3 Å². The summed E-state index contributed by atoms with van der Waals surface area (Å²) < 4.78 is 0. The molecule has 0 radical (unpaired) electrons. The zero-order valence-corrected chi connectivity index (χ0v) is 7.73. The molecule has 0 bridgehead atoms. The maximum absolute atomic E-state index is 10.9. The molecule has 1 aromatic rings. The van der Waals surface area contributed by atoms with Gasteiger partial charge in [-0.05, 0) is 12.1 Å². The number of nitrogens with two attached hydrogens (primary N) is 1. The Balaban J connectivity index is 0.00000121. The number of nitrogens with zero attached hydrogens (tertiary/aromatic N) is 1. The third-order valence-electron chi connectivity index (χ3n) is 1.20. The van der Waals surface area contributed by atoms with Crippen LogP contribution in [0.25, 0.3) is 0 Å². The molecule has 0 saturated carbocycles. The molecule has 0 saturated heterocycles.